The second-order valence-electron chi connectivity index (χ2n) is 4.71. The predicted octanol–water partition coefficient (Wildman–Crippen LogP) is 2.04. The molecule has 0 radical (unpaired) electrons. The molecular weight excluding hydrogens is 206 g/mol. The maximum atomic E-state index is 10.5. The molecule has 1 aromatic rings. The number of rotatable bonds is 3. The van der Waals surface area contributed by atoms with E-state index < -0.39 is 5.60 Å². The van der Waals surface area contributed by atoms with Crippen LogP contribution in [0.5, 0.6) is 0 Å². The molecular formula is C12H19NOS. The lowest BCUT2D eigenvalue weighted by atomic mass is 9.80. The Morgan fingerprint density at radius 1 is 1.67 bits per heavy atom. The van der Waals surface area contributed by atoms with E-state index in [1.807, 2.05) is 6.92 Å². The van der Waals surface area contributed by atoms with Gasteiger partial charge in [0.25, 0.3) is 0 Å². The summed E-state index contributed by atoms with van der Waals surface area (Å²) in [5.74, 6) is 0.395. The van der Waals surface area contributed by atoms with E-state index in [1.165, 1.54) is 12.0 Å². The molecule has 0 aliphatic carbocycles. The molecule has 0 bridgehead atoms. The molecule has 84 valence electrons. The van der Waals surface area contributed by atoms with Crippen LogP contribution in [-0.4, -0.2) is 23.8 Å². The van der Waals surface area contributed by atoms with Gasteiger partial charge in [0.1, 0.15) is 0 Å². The van der Waals surface area contributed by atoms with Gasteiger partial charge in [0.05, 0.1) is 5.60 Å². The summed E-state index contributed by atoms with van der Waals surface area (Å²) in [6.45, 7) is 4.03. The third-order valence-electron chi connectivity index (χ3n) is 3.32. The van der Waals surface area contributed by atoms with Gasteiger partial charge in [0.15, 0.2) is 0 Å². The monoisotopic (exact) mass is 225 g/mol. The summed E-state index contributed by atoms with van der Waals surface area (Å²) in [4.78, 5) is 0. The molecule has 3 heteroatoms. The van der Waals surface area contributed by atoms with Crippen molar-refractivity contribution in [1.82, 2.24) is 5.32 Å². The zero-order valence-corrected chi connectivity index (χ0v) is 10.0. The summed E-state index contributed by atoms with van der Waals surface area (Å²) in [7, 11) is 0. The fraction of sp³-hybridized carbons (Fsp3) is 0.667. The largest absolute Gasteiger partial charge is 0.389 e. The zero-order valence-electron chi connectivity index (χ0n) is 9.20. The molecule has 2 nitrogen and oxygen atoms in total. The first-order chi connectivity index (χ1) is 7.18. The summed E-state index contributed by atoms with van der Waals surface area (Å²) in [5.41, 5.74) is 0.699. The topological polar surface area (TPSA) is 32.3 Å². The second kappa shape index (κ2) is 4.64. The van der Waals surface area contributed by atoms with Gasteiger partial charge in [-0.1, -0.05) is 0 Å². The summed E-state index contributed by atoms with van der Waals surface area (Å²) < 4.78 is 0. The molecule has 0 amide bonds. The minimum atomic E-state index is -0.561. The quantitative estimate of drug-likeness (QED) is 0.825. The first kappa shape index (κ1) is 11.1. The Morgan fingerprint density at radius 3 is 3.13 bits per heavy atom. The summed E-state index contributed by atoms with van der Waals surface area (Å²) in [6.07, 6.45) is 3.11. The zero-order chi connectivity index (χ0) is 10.7. The van der Waals surface area contributed by atoms with E-state index in [0.717, 1.165) is 25.9 Å². The van der Waals surface area contributed by atoms with Crippen LogP contribution in [0.15, 0.2) is 16.8 Å². The third kappa shape index (κ3) is 2.80. The van der Waals surface area contributed by atoms with E-state index in [1.54, 1.807) is 11.3 Å². The number of thiophene rings is 1. The van der Waals surface area contributed by atoms with Crippen LogP contribution in [0, 0.1) is 5.92 Å². The molecule has 1 aliphatic rings. The number of hydrogen-bond donors (Lipinski definition) is 2. The van der Waals surface area contributed by atoms with E-state index in [4.69, 9.17) is 0 Å². The summed E-state index contributed by atoms with van der Waals surface area (Å²) in [5, 5.41) is 18.0. The van der Waals surface area contributed by atoms with Crippen molar-refractivity contribution in [1.29, 1.82) is 0 Å². The molecule has 1 fully saturated rings. The van der Waals surface area contributed by atoms with Crippen molar-refractivity contribution in [2.45, 2.75) is 31.8 Å². The van der Waals surface area contributed by atoms with Gasteiger partial charge in [0, 0.05) is 18.9 Å². The van der Waals surface area contributed by atoms with Gasteiger partial charge in [0.2, 0.25) is 0 Å². The molecule has 2 atom stereocenters. The maximum absolute atomic E-state index is 10.5. The Morgan fingerprint density at radius 2 is 2.53 bits per heavy atom. The van der Waals surface area contributed by atoms with Crippen molar-refractivity contribution >= 4 is 11.3 Å². The Balaban J connectivity index is 1.98. The van der Waals surface area contributed by atoms with Crippen molar-refractivity contribution < 1.29 is 5.11 Å². The molecule has 1 aliphatic heterocycles. The molecule has 0 saturated carbocycles. The summed E-state index contributed by atoms with van der Waals surface area (Å²) >= 11 is 1.70. The van der Waals surface area contributed by atoms with E-state index >= 15 is 0 Å². The van der Waals surface area contributed by atoms with Gasteiger partial charge in [-0.25, -0.2) is 0 Å². The first-order valence-corrected chi connectivity index (χ1v) is 6.57. The Labute approximate surface area is 95.3 Å². The van der Waals surface area contributed by atoms with Crippen molar-refractivity contribution in [3.8, 4) is 0 Å². The normalized spacial score (nSPS) is 26.1. The van der Waals surface area contributed by atoms with E-state index in [9.17, 15) is 5.11 Å². The number of aliphatic hydroxyl groups is 1. The molecule has 1 saturated heterocycles. The highest BCUT2D eigenvalue weighted by molar-refractivity contribution is 7.07. The lowest BCUT2D eigenvalue weighted by molar-refractivity contribution is -0.0101. The number of piperidine rings is 1. The summed E-state index contributed by atoms with van der Waals surface area (Å²) in [6, 6.07) is 2.11. The van der Waals surface area contributed by atoms with Crippen LogP contribution in [0.3, 0.4) is 0 Å². The van der Waals surface area contributed by atoms with Crippen LogP contribution >= 0.6 is 11.3 Å². The van der Waals surface area contributed by atoms with Crippen LogP contribution in [0.2, 0.25) is 0 Å². The molecule has 2 N–H and O–H groups in total. The number of hydrogen-bond acceptors (Lipinski definition) is 3. The average molecular weight is 225 g/mol. The molecule has 0 spiro atoms. The first-order valence-electron chi connectivity index (χ1n) is 5.63. The van der Waals surface area contributed by atoms with Crippen LogP contribution in [0.1, 0.15) is 25.3 Å². The van der Waals surface area contributed by atoms with E-state index in [2.05, 4.69) is 22.1 Å². The minimum absolute atomic E-state index is 0.395. The molecule has 2 rings (SSSR count). The third-order valence-corrected chi connectivity index (χ3v) is 4.05. The van der Waals surface area contributed by atoms with Crippen molar-refractivity contribution in [2.75, 3.05) is 13.1 Å². The lowest BCUT2D eigenvalue weighted by Gasteiger charge is -2.35. The van der Waals surface area contributed by atoms with E-state index in [-0.39, 0.29) is 0 Å². The molecule has 15 heavy (non-hydrogen) atoms. The Hall–Kier alpha value is -0.380. The fourth-order valence-corrected chi connectivity index (χ4v) is 3.00. The van der Waals surface area contributed by atoms with Crippen LogP contribution < -0.4 is 5.32 Å². The van der Waals surface area contributed by atoms with Gasteiger partial charge in [-0.05, 0) is 48.7 Å². The smallest absolute Gasteiger partial charge is 0.0700 e. The predicted molar refractivity (Wildman–Crippen MR) is 64.2 cm³/mol. The molecule has 2 unspecified atom stereocenters. The highest BCUT2D eigenvalue weighted by Gasteiger charge is 2.32. The molecule has 1 aromatic heterocycles. The fourth-order valence-electron chi connectivity index (χ4n) is 2.33. The van der Waals surface area contributed by atoms with Gasteiger partial charge in [-0.2, -0.15) is 11.3 Å². The maximum Gasteiger partial charge on any atom is 0.0700 e. The second-order valence-corrected chi connectivity index (χ2v) is 5.49. The van der Waals surface area contributed by atoms with Crippen LogP contribution in [-0.2, 0) is 6.42 Å². The van der Waals surface area contributed by atoms with E-state index in [0.29, 0.717) is 5.92 Å². The highest BCUT2D eigenvalue weighted by Crippen LogP contribution is 2.28. The van der Waals surface area contributed by atoms with Gasteiger partial charge in [-0.3, -0.25) is 0 Å². The highest BCUT2D eigenvalue weighted by atomic mass is 32.1. The average Bonchev–Trinajstić information content (AvgIpc) is 2.71. The van der Waals surface area contributed by atoms with Gasteiger partial charge in [-0.15, -0.1) is 0 Å². The van der Waals surface area contributed by atoms with Crippen molar-refractivity contribution in [2.24, 2.45) is 5.92 Å². The molecule has 0 aromatic carbocycles. The van der Waals surface area contributed by atoms with Gasteiger partial charge >= 0.3 is 0 Å². The van der Waals surface area contributed by atoms with Crippen molar-refractivity contribution in [3.05, 3.63) is 22.4 Å². The van der Waals surface area contributed by atoms with Gasteiger partial charge < -0.3 is 10.4 Å². The standard InChI is InChI=1S/C12H19NOS/c1-12(14,7-10-4-6-15-9-10)11-3-2-5-13-8-11/h4,6,9,11,13-14H,2-3,5,7-8H2,1H3. The SMILES string of the molecule is CC(O)(Cc1ccsc1)C1CCCNC1. The molecule has 2 heterocycles. The number of nitrogens with one attached hydrogen (secondary N) is 1. The van der Waals surface area contributed by atoms with Crippen LogP contribution in [0.25, 0.3) is 0 Å². The van der Waals surface area contributed by atoms with Crippen molar-refractivity contribution in [3.63, 3.8) is 0 Å². The lowest BCUT2D eigenvalue weighted by Crippen LogP contribution is -2.45. The van der Waals surface area contributed by atoms with Crippen LogP contribution in [0.4, 0.5) is 0 Å². The minimum Gasteiger partial charge on any atom is -0.389 e. The Kier molecular flexibility index (Phi) is 3.44. The Bertz CT molecular complexity index is 289.